The maximum atomic E-state index is 12.2. The van der Waals surface area contributed by atoms with Crippen LogP contribution >= 0.6 is 0 Å². The molecule has 3 N–H and O–H groups in total. The lowest BCUT2D eigenvalue weighted by molar-refractivity contribution is 0.102. The summed E-state index contributed by atoms with van der Waals surface area (Å²) in [5, 5.41) is 6.89. The average molecular weight is 274 g/mol. The number of carbonyl (C=O) groups excluding carboxylic acids is 1. The molecule has 6 heteroatoms. The molecular weight excluding hydrogens is 256 g/mol. The van der Waals surface area contributed by atoms with E-state index in [1.165, 1.54) is 4.68 Å². The summed E-state index contributed by atoms with van der Waals surface area (Å²) >= 11 is 0. The first kappa shape index (κ1) is 14.1. The van der Waals surface area contributed by atoms with Crippen molar-refractivity contribution in [2.24, 2.45) is 7.05 Å². The van der Waals surface area contributed by atoms with Gasteiger partial charge in [-0.05, 0) is 18.1 Å². The van der Waals surface area contributed by atoms with Gasteiger partial charge in [0.05, 0.1) is 12.3 Å². The fourth-order valence-corrected chi connectivity index (χ4v) is 1.94. The number of ether oxygens (including phenoxy) is 1. The molecule has 0 bridgehead atoms. The van der Waals surface area contributed by atoms with Crippen molar-refractivity contribution in [1.29, 1.82) is 0 Å². The fraction of sp³-hybridized carbons (Fsp3) is 0.286. The second-order valence-corrected chi connectivity index (χ2v) is 4.46. The monoisotopic (exact) mass is 274 g/mol. The van der Waals surface area contributed by atoms with Crippen LogP contribution in [-0.2, 0) is 18.2 Å². The molecule has 0 saturated heterocycles. The Bertz CT molecular complexity index is 607. The largest absolute Gasteiger partial charge is 0.396 e. The molecule has 0 unspecified atom stereocenters. The lowest BCUT2D eigenvalue weighted by Gasteiger charge is -2.10. The van der Waals surface area contributed by atoms with Crippen molar-refractivity contribution in [2.45, 2.75) is 6.42 Å². The highest BCUT2D eigenvalue weighted by Crippen LogP contribution is 2.18. The summed E-state index contributed by atoms with van der Waals surface area (Å²) in [5.41, 5.74) is 8.10. The molecule has 0 aliphatic heterocycles. The first-order chi connectivity index (χ1) is 9.61. The van der Waals surface area contributed by atoms with Gasteiger partial charge in [0.1, 0.15) is 0 Å². The van der Waals surface area contributed by atoms with E-state index in [4.69, 9.17) is 10.5 Å². The molecule has 6 nitrogen and oxygen atoms in total. The Kier molecular flexibility index (Phi) is 4.37. The maximum Gasteiger partial charge on any atom is 0.278 e. The van der Waals surface area contributed by atoms with Crippen molar-refractivity contribution in [2.75, 3.05) is 24.8 Å². The van der Waals surface area contributed by atoms with Gasteiger partial charge < -0.3 is 15.8 Å². The van der Waals surface area contributed by atoms with Crippen LogP contribution in [0.4, 0.5) is 11.4 Å². The molecule has 1 amide bonds. The first-order valence-corrected chi connectivity index (χ1v) is 6.29. The number of nitrogen functional groups attached to an aromatic ring is 1. The van der Waals surface area contributed by atoms with Crippen molar-refractivity contribution >= 4 is 17.3 Å². The van der Waals surface area contributed by atoms with Crippen LogP contribution in [0.3, 0.4) is 0 Å². The Balaban J connectivity index is 2.17. The zero-order valence-corrected chi connectivity index (χ0v) is 11.6. The molecule has 0 saturated carbocycles. The van der Waals surface area contributed by atoms with Crippen LogP contribution in [-0.4, -0.2) is 29.4 Å². The van der Waals surface area contributed by atoms with Crippen molar-refractivity contribution in [1.82, 2.24) is 9.78 Å². The maximum absolute atomic E-state index is 12.2. The molecule has 1 aromatic carbocycles. The summed E-state index contributed by atoms with van der Waals surface area (Å²) in [6.45, 7) is 0.596. The zero-order valence-electron chi connectivity index (χ0n) is 11.6. The van der Waals surface area contributed by atoms with Crippen LogP contribution in [0.5, 0.6) is 0 Å². The minimum Gasteiger partial charge on any atom is -0.396 e. The number of methoxy groups -OCH3 is 1. The lowest BCUT2D eigenvalue weighted by Crippen LogP contribution is -2.16. The number of benzene rings is 1. The Morgan fingerprint density at radius 3 is 2.85 bits per heavy atom. The van der Waals surface area contributed by atoms with Crippen molar-refractivity contribution < 1.29 is 9.53 Å². The molecular formula is C14H18N4O2. The number of anilines is 2. The van der Waals surface area contributed by atoms with Gasteiger partial charge in [-0.15, -0.1) is 0 Å². The minimum atomic E-state index is -0.312. The summed E-state index contributed by atoms with van der Waals surface area (Å²) in [7, 11) is 3.37. The van der Waals surface area contributed by atoms with E-state index in [1.807, 2.05) is 24.3 Å². The first-order valence-electron chi connectivity index (χ1n) is 6.29. The average Bonchev–Trinajstić information content (AvgIpc) is 2.77. The normalized spacial score (nSPS) is 10.5. The number of hydrogen-bond donors (Lipinski definition) is 2. The standard InChI is InChI=1S/C14H18N4O2/c1-18-9-11(15)13(17-18)14(19)16-12-6-4-3-5-10(12)7-8-20-2/h3-6,9H,7-8,15H2,1-2H3,(H,16,19). The van der Waals surface area contributed by atoms with Crippen LogP contribution < -0.4 is 11.1 Å². The van der Waals surface area contributed by atoms with Crippen LogP contribution in [0, 0.1) is 0 Å². The van der Waals surface area contributed by atoms with Crippen LogP contribution in [0.15, 0.2) is 30.5 Å². The lowest BCUT2D eigenvalue weighted by atomic mass is 10.1. The molecule has 0 fully saturated rings. The predicted molar refractivity (Wildman–Crippen MR) is 77.6 cm³/mol. The summed E-state index contributed by atoms with van der Waals surface area (Å²) in [5.74, 6) is -0.312. The van der Waals surface area contributed by atoms with Gasteiger partial charge in [-0.2, -0.15) is 5.10 Å². The molecule has 0 aliphatic rings. The SMILES string of the molecule is COCCc1ccccc1NC(=O)c1nn(C)cc1N. The van der Waals surface area contributed by atoms with Crippen LogP contribution in [0.2, 0.25) is 0 Å². The van der Waals surface area contributed by atoms with Gasteiger partial charge in [-0.1, -0.05) is 18.2 Å². The summed E-state index contributed by atoms with van der Waals surface area (Å²) < 4.78 is 6.58. The topological polar surface area (TPSA) is 82.2 Å². The van der Waals surface area contributed by atoms with Gasteiger partial charge in [0.25, 0.3) is 5.91 Å². The Morgan fingerprint density at radius 1 is 1.45 bits per heavy atom. The zero-order chi connectivity index (χ0) is 14.5. The van der Waals surface area contributed by atoms with Gasteiger partial charge in [0.15, 0.2) is 5.69 Å². The third-order valence-corrected chi connectivity index (χ3v) is 2.91. The second-order valence-electron chi connectivity index (χ2n) is 4.46. The van der Waals surface area contributed by atoms with E-state index < -0.39 is 0 Å². The third kappa shape index (κ3) is 3.16. The molecule has 2 rings (SSSR count). The molecule has 0 atom stereocenters. The van der Waals surface area contributed by atoms with Gasteiger partial charge in [-0.25, -0.2) is 0 Å². The number of aryl methyl sites for hydroxylation is 1. The van der Waals surface area contributed by atoms with E-state index in [-0.39, 0.29) is 11.6 Å². The van der Waals surface area contributed by atoms with Crippen LogP contribution in [0.25, 0.3) is 0 Å². The second kappa shape index (κ2) is 6.21. The van der Waals surface area contributed by atoms with E-state index in [0.717, 1.165) is 17.7 Å². The number of nitrogens with two attached hydrogens (primary N) is 1. The Hall–Kier alpha value is -2.34. The molecule has 2 aromatic rings. The van der Waals surface area contributed by atoms with Crippen molar-refractivity contribution in [3.63, 3.8) is 0 Å². The third-order valence-electron chi connectivity index (χ3n) is 2.91. The number of nitrogens with zero attached hydrogens (tertiary/aromatic N) is 2. The highest BCUT2D eigenvalue weighted by Gasteiger charge is 2.15. The van der Waals surface area contributed by atoms with Crippen molar-refractivity contribution in [3.8, 4) is 0 Å². The van der Waals surface area contributed by atoms with E-state index in [1.54, 1.807) is 20.4 Å². The quantitative estimate of drug-likeness (QED) is 0.864. The number of hydrogen-bond acceptors (Lipinski definition) is 4. The molecule has 106 valence electrons. The number of rotatable bonds is 5. The summed E-state index contributed by atoms with van der Waals surface area (Å²) in [6, 6.07) is 7.60. The molecule has 0 spiro atoms. The van der Waals surface area contributed by atoms with Gasteiger partial charge in [0.2, 0.25) is 0 Å². The number of amides is 1. The number of nitrogens with one attached hydrogen (secondary N) is 1. The molecule has 0 aliphatic carbocycles. The number of para-hydroxylation sites is 1. The molecule has 1 heterocycles. The highest BCUT2D eigenvalue weighted by atomic mass is 16.5. The smallest absolute Gasteiger partial charge is 0.278 e. The van der Waals surface area contributed by atoms with E-state index in [2.05, 4.69) is 10.4 Å². The fourth-order valence-electron chi connectivity index (χ4n) is 1.94. The molecule has 0 radical (unpaired) electrons. The minimum absolute atomic E-state index is 0.231. The van der Waals surface area contributed by atoms with Gasteiger partial charge in [-0.3, -0.25) is 9.48 Å². The number of aromatic nitrogens is 2. The highest BCUT2D eigenvalue weighted by molar-refractivity contribution is 6.06. The molecule has 20 heavy (non-hydrogen) atoms. The van der Waals surface area contributed by atoms with E-state index in [0.29, 0.717) is 12.3 Å². The predicted octanol–water partition coefficient (Wildman–Crippen LogP) is 1.44. The number of carbonyl (C=O) groups is 1. The summed E-state index contributed by atoms with van der Waals surface area (Å²) in [4.78, 5) is 12.2. The van der Waals surface area contributed by atoms with E-state index >= 15 is 0 Å². The van der Waals surface area contributed by atoms with Crippen molar-refractivity contribution in [3.05, 3.63) is 41.7 Å². The molecule has 1 aromatic heterocycles. The Labute approximate surface area is 117 Å². The summed E-state index contributed by atoms with van der Waals surface area (Å²) in [6.07, 6.45) is 2.33. The van der Waals surface area contributed by atoms with Gasteiger partial charge >= 0.3 is 0 Å². The van der Waals surface area contributed by atoms with Crippen LogP contribution in [0.1, 0.15) is 16.1 Å². The van der Waals surface area contributed by atoms with Gasteiger partial charge in [0, 0.05) is 26.0 Å². The Morgan fingerprint density at radius 2 is 2.20 bits per heavy atom. The van der Waals surface area contributed by atoms with E-state index in [9.17, 15) is 4.79 Å².